The Hall–Kier alpha value is -2.65. The maximum atomic E-state index is 12.6. The fraction of sp³-hybridized carbons (Fsp3) is 0.273. The van der Waals surface area contributed by atoms with Crippen LogP contribution in [-0.2, 0) is 6.18 Å². The first-order valence-electron chi connectivity index (χ1n) is 5.68. The molecule has 0 spiro atoms. The van der Waals surface area contributed by atoms with Crippen molar-refractivity contribution >= 4 is 11.7 Å². The number of nitrogens with two attached hydrogens (primary N) is 1. The maximum Gasteiger partial charge on any atom is 0.451 e. The van der Waals surface area contributed by atoms with Crippen LogP contribution in [0.1, 0.15) is 16.3 Å². The number of aromatic nitrogens is 4. The van der Waals surface area contributed by atoms with Crippen molar-refractivity contribution in [3.63, 3.8) is 0 Å². The van der Waals surface area contributed by atoms with Crippen molar-refractivity contribution in [3.05, 3.63) is 29.8 Å². The predicted molar refractivity (Wildman–Crippen MR) is 66.6 cm³/mol. The van der Waals surface area contributed by atoms with Crippen LogP contribution in [0.5, 0.6) is 0 Å². The number of hydrogen-bond donors (Lipinski definition) is 1. The molecule has 7 nitrogen and oxygen atoms in total. The van der Waals surface area contributed by atoms with Gasteiger partial charge in [-0.15, -0.1) is 0 Å². The Morgan fingerprint density at radius 3 is 2.57 bits per heavy atom. The van der Waals surface area contributed by atoms with Gasteiger partial charge in [-0.05, 0) is 6.07 Å². The second kappa shape index (κ2) is 5.04. The summed E-state index contributed by atoms with van der Waals surface area (Å²) in [7, 11) is 3.07. The summed E-state index contributed by atoms with van der Waals surface area (Å²) in [5.74, 6) is -2.27. The average Bonchev–Trinajstić information content (AvgIpc) is 2.85. The van der Waals surface area contributed by atoms with Gasteiger partial charge in [0.2, 0.25) is 5.82 Å². The zero-order chi connectivity index (χ0) is 15.8. The number of alkyl halides is 3. The molecule has 0 atom stereocenters. The predicted octanol–water partition coefficient (Wildman–Crippen LogP) is 0.965. The largest absolute Gasteiger partial charge is 0.451 e. The molecule has 0 saturated heterocycles. The summed E-state index contributed by atoms with van der Waals surface area (Å²) in [6.07, 6.45) is -3.40. The number of carbonyl (C=O) groups excluding carboxylic acids is 1. The Morgan fingerprint density at radius 2 is 2.00 bits per heavy atom. The van der Waals surface area contributed by atoms with Crippen LogP contribution in [0.3, 0.4) is 0 Å². The minimum absolute atomic E-state index is 0.0748. The van der Waals surface area contributed by atoms with E-state index in [4.69, 9.17) is 5.73 Å². The molecule has 2 heterocycles. The SMILES string of the molecule is CN(C)C(=O)c1ccn(-c2cc(N)nc(C(F)(F)F)n2)n1. The summed E-state index contributed by atoms with van der Waals surface area (Å²) in [6, 6.07) is 2.50. The first kappa shape index (κ1) is 14.8. The van der Waals surface area contributed by atoms with Crippen LogP contribution in [-0.4, -0.2) is 44.7 Å². The minimum atomic E-state index is -4.72. The molecule has 21 heavy (non-hydrogen) atoms. The van der Waals surface area contributed by atoms with Gasteiger partial charge in [-0.1, -0.05) is 0 Å². The molecule has 0 aliphatic heterocycles. The molecule has 10 heteroatoms. The molecular formula is C11H11F3N6O. The number of rotatable bonds is 2. The molecule has 0 unspecified atom stereocenters. The van der Waals surface area contributed by atoms with Crippen molar-refractivity contribution in [3.8, 4) is 5.82 Å². The number of anilines is 1. The topological polar surface area (TPSA) is 89.9 Å². The summed E-state index contributed by atoms with van der Waals surface area (Å²) in [6.45, 7) is 0. The van der Waals surface area contributed by atoms with Gasteiger partial charge in [-0.3, -0.25) is 4.79 Å². The summed E-state index contributed by atoms with van der Waals surface area (Å²) in [5.41, 5.74) is 5.42. The van der Waals surface area contributed by atoms with Crippen molar-refractivity contribution in [2.45, 2.75) is 6.18 Å². The molecule has 2 N–H and O–H groups in total. The van der Waals surface area contributed by atoms with Crippen molar-refractivity contribution in [1.82, 2.24) is 24.6 Å². The van der Waals surface area contributed by atoms with Gasteiger partial charge >= 0.3 is 6.18 Å². The van der Waals surface area contributed by atoms with E-state index in [9.17, 15) is 18.0 Å². The second-order valence-electron chi connectivity index (χ2n) is 4.32. The normalized spacial score (nSPS) is 11.5. The molecule has 2 rings (SSSR count). The van der Waals surface area contributed by atoms with E-state index >= 15 is 0 Å². The molecular weight excluding hydrogens is 289 g/mol. The third-order valence-corrected chi connectivity index (χ3v) is 2.44. The molecule has 2 aromatic rings. The van der Waals surface area contributed by atoms with Gasteiger partial charge in [-0.2, -0.15) is 18.3 Å². The second-order valence-corrected chi connectivity index (χ2v) is 4.32. The molecule has 0 bridgehead atoms. The summed E-state index contributed by atoms with van der Waals surface area (Å²) < 4.78 is 38.9. The van der Waals surface area contributed by atoms with Gasteiger partial charge in [0.25, 0.3) is 5.91 Å². The molecule has 0 radical (unpaired) electrons. The third kappa shape index (κ3) is 3.09. The van der Waals surface area contributed by atoms with Gasteiger partial charge in [0, 0.05) is 26.4 Å². The standard InChI is InChI=1S/C11H11F3N6O/c1-19(2)9(21)6-3-4-20(18-6)8-5-7(15)16-10(17-8)11(12,13)14/h3-5H,1-2H3,(H2,15,16,17). The van der Waals surface area contributed by atoms with E-state index in [1.807, 2.05) is 0 Å². The van der Waals surface area contributed by atoms with Gasteiger partial charge in [0.15, 0.2) is 11.5 Å². The quantitative estimate of drug-likeness (QED) is 0.892. The summed E-state index contributed by atoms with van der Waals surface area (Å²) >= 11 is 0. The minimum Gasteiger partial charge on any atom is -0.384 e. The molecule has 0 fully saturated rings. The molecule has 1 amide bonds. The molecule has 0 saturated carbocycles. The number of hydrogen-bond acceptors (Lipinski definition) is 5. The fourth-order valence-electron chi connectivity index (χ4n) is 1.49. The van der Waals surface area contributed by atoms with Gasteiger partial charge in [0.05, 0.1) is 0 Å². The molecule has 0 aromatic carbocycles. The Balaban J connectivity index is 2.43. The average molecular weight is 300 g/mol. The van der Waals surface area contributed by atoms with E-state index in [2.05, 4.69) is 15.1 Å². The van der Waals surface area contributed by atoms with Crippen molar-refractivity contribution in [1.29, 1.82) is 0 Å². The van der Waals surface area contributed by atoms with E-state index in [1.165, 1.54) is 31.3 Å². The highest BCUT2D eigenvalue weighted by molar-refractivity contribution is 5.91. The lowest BCUT2D eigenvalue weighted by Gasteiger charge is -2.09. The number of amides is 1. The highest BCUT2D eigenvalue weighted by atomic mass is 19.4. The fourth-order valence-corrected chi connectivity index (χ4v) is 1.49. The van der Waals surface area contributed by atoms with Crippen molar-refractivity contribution in [2.24, 2.45) is 0 Å². The van der Waals surface area contributed by atoms with Crippen LogP contribution in [0, 0.1) is 0 Å². The van der Waals surface area contributed by atoms with Crippen LogP contribution in [0.15, 0.2) is 18.3 Å². The van der Waals surface area contributed by atoms with E-state index in [0.717, 1.165) is 10.7 Å². The Bertz CT molecular complexity index is 679. The zero-order valence-electron chi connectivity index (χ0n) is 11.1. The van der Waals surface area contributed by atoms with Crippen LogP contribution < -0.4 is 5.73 Å². The number of carbonyl (C=O) groups is 1. The van der Waals surface area contributed by atoms with Crippen LogP contribution in [0.4, 0.5) is 19.0 Å². The van der Waals surface area contributed by atoms with Crippen LogP contribution >= 0.6 is 0 Å². The van der Waals surface area contributed by atoms with E-state index < -0.39 is 12.0 Å². The van der Waals surface area contributed by atoms with Crippen molar-refractivity contribution in [2.75, 3.05) is 19.8 Å². The summed E-state index contributed by atoms with van der Waals surface area (Å²) in [5, 5.41) is 3.88. The smallest absolute Gasteiger partial charge is 0.384 e. The zero-order valence-corrected chi connectivity index (χ0v) is 11.1. The lowest BCUT2D eigenvalue weighted by Crippen LogP contribution is -2.22. The monoisotopic (exact) mass is 300 g/mol. The number of nitrogen functional groups attached to an aromatic ring is 1. The van der Waals surface area contributed by atoms with Crippen LogP contribution in [0.2, 0.25) is 0 Å². The molecule has 2 aromatic heterocycles. The highest BCUT2D eigenvalue weighted by Gasteiger charge is 2.35. The van der Waals surface area contributed by atoms with E-state index in [1.54, 1.807) is 0 Å². The number of nitrogens with zero attached hydrogens (tertiary/aromatic N) is 5. The third-order valence-electron chi connectivity index (χ3n) is 2.44. The molecule has 112 valence electrons. The lowest BCUT2D eigenvalue weighted by atomic mass is 10.4. The highest BCUT2D eigenvalue weighted by Crippen LogP contribution is 2.27. The van der Waals surface area contributed by atoms with Crippen molar-refractivity contribution < 1.29 is 18.0 Å². The van der Waals surface area contributed by atoms with E-state index in [0.29, 0.717) is 0 Å². The Labute approximate surface area is 117 Å². The summed E-state index contributed by atoms with van der Waals surface area (Å²) in [4.78, 5) is 19.5. The first-order chi connectivity index (χ1) is 9.68. The first-order valence-corrected chi connectivity index (χ1v) is 5.68. The van der Waals surface area contributed by atoms with Crippen LogP contribution in [0.25, 0.3) is 5.82 Å². The van der Waals surface area contributed by atoms with E-state index in [-0.39, 0.29) is 23.2 Å². The van der Waals surface area contributed by atoms with Gasteiger partial charge < -0.3 is 10.6 Å². The van der Waals surface area contributed by atoms with Gasteiger partial charge in [-0.25, -0.2) is 14.6 Å². The molecule has 0 aliphatic rings. The maximum absolute atomic E-state index is 12.6. The Kier molecular flexibility index (Phi) is 3.54. The molecule has 0 aliphatic carbocycles. The lowest BCUT2D eigenvalue weighted by molar-refractivity contribution is -0.144. The number of halogens is 3. The Morgan fingerprint density at radius 1 is 1.33 bits per heavy atom. The van der Waals surface area contributed by atoms with Gasteiger partial charge in [0.1, 0.15) is 5.82 Å².